The fraction of sp³-hybridized carbons (Fsp3) is 0.778. The molecule has 1 N–H and O–H groups in total. The maximum Gasteiger partial charge on any atom is 0.303 e. The molecule has 1 saturated heterocycles. The molecule has 0 saturated carbocycles. The van der Waals surface area contributed by atoms with Crippen molar-refractivity contribution >= 4 is 21.9 Å². The number of hydrogen-bond acceptors (Lipinski definition) is 4. The SMILES string of the molecule is CC(CCC(=O)O)N1C(=O)C(C)(C)S1(=O)=O. The summed E-state index contributed by atoms with van der Waals surface area (Å²) in [5.41, 5.74) is 0. The average Bonchev–Trinajstić information content (AvgIpc) is 2.14. The largest absolute Gasteiger partial charge is 0.481 e. The zero-order chi connectivity index (χ0) is 12.7. The Morgan fingerprint density at radius 3 is 2.38 bits per heavy atom. The Balaban J connectivity index is 2.77. The van der Waals surface area contributed by atoms with Gasteiger partial charge in [-0.25, -0.2) is 12.7 Å². The second-order valence-corrected chi connectivity index (χ2v) is 6.76. The molecule has 1 unspecified atom stereocenters. The monoisotopic (exact) mass is 249 g/mol. The van der Waals surface area contributed by atoms with Gasteiger partial charge in [0.1, 0.15) is 0 Å². The topological polar surface area (TPSA) is 91.8 Å². The Bertz CT molecular complexity index is 425. The second-order valence-electron chi connectivity index (χ2n) is 4.40. The third-order valence-electron chi connectivity index (χ3n) is 2.80. The minimum Gasteiger partial charge on any atom is -0.481 e. The molecule has 92 valence electrons. The molecule has 1 amide bonds. The molecule has 1 aliphatic rings. The molecular formula is C9H15NO5S. The quantitative estimate of drug-likeness (QED) is 0.768. The molecular weight excluding hydrogens is 234 g/mol. The lowest BCUT2D eigenvalue weighted by Crippen LogP contribution is -2.69. The van der Waals surface area contributed by atoms with Crippen LogP contribution in [0.3, 0.4) is 0 Å². The zero-order valence-electron chi connectivity index (χ0n) is 9.43. The molecule has 0 aliphatic carbocycles. The maximum absolute atomic E-state index is 11.7. The van der Waals surface area contributed by atoms with E-state index in [1.807, 2.05) is 0 Å². The number of nitrogens with zero attached hydrogens (tertiary/aromatic N) is 1. The highest BCUT2D eigenvalue weighted by molar-refractivity contribution is 7.94. The molecule has 1 rings (SSSR count). The standard InChI is InChI=1S/C9H15NO5S/c1-6(4-5-7(11)12)10-8(13)9(2,3)16(10,14)15/h6H,4-5H2,1-3H3,(H,11,12). The highest BCUT2D eigenvalue weighted by Gasteiger charge is 2.61. The predicted octanol–water partition coefficient (Wildman–Crippen LogP) is 0.190. The number of carbonyl (C=O) groups excluding carboxylic acids is 1. The molecule has 6 nitrogen and oxygen atoms in total. The Labute approximate surface area is 94.3 Å². The molecule has 1 fully saturated rings. The highest BCUT2D eigenvalue weighted by Crippen LogP contribution is 2.37. The first kappa shape index (κ1) is 13.0. The summed E-state index contributed by atoms with van der Waals surface area (Å²) >= 11 is 0. The number of amides is 1. The fourth-order valence-corrected chi connectivity index (χ4v) is 3.28. The van der Waals surface area contributed by atoms with Crippen LogP contribution in [-0.2, 0) is 19.6 Å². The zero-order valence-corrected chi connectivity index (χ0v) is 10.2. The fourth-order valence-electron chi connectivity index (χ4n) is 1.58. The van der Waals surface area contributed by atoms with Crippen molar-refractivity contribution in [3.8, 4) is 0 Å². The molecule has 0 spiro atoms. The number of hydrogen-bond donors (Lipinski definition) is 1. The van der Waals surface area contributed by atoms with E-state index in [0.717, 1.165) is 4.31 Å². The molecule has 0 aromatic rings. The van der Waals surface area contributed by atoms with E-state index in [-0.39, 0.29) is 12.8 Å². The van der Waals surface area contributed by atoms with E-state index < -0.39 is 32.7 Å². The molecule has 0 aromatic carbocycles. The van der Waals surface area contributed by atoms with Crippen molar-refractivity contribution in [1.29, 1.82) is 0 Å². The minimum atomic E-state index is -3.61. The molecule has 0 bridgehead atoms. The van der Waals surface area contributed by atoms with Gasteiger partial charge in [0.15, 0.2) is 4.75 Å². The summed E-state index contributed by atoms with van der Waals surface area (Å²) in [7, 11) is -3.61. The molecule has 0 aromatic heterocycles. The van der Waals surface area contributed by atoms with Crippen LogP contribution < -0.4 is 0 Å². The maximum atomic E-state index is 11.7. The van der Waals surface area contributed by atoms with E-state index >= 15 is 0 Å². The van der Waals surface area contributed by atoms with Gasteiger partial charge >= 0.3 is 5.97 Å². The van der Waals surface area contributed by atoms with Crippen LogP contribution in [-0.4, -0.2) is 40.5 Å². The summed E-state index contributed by atoms with van der Waals surface area (Å²) in [6.07, 6.45) is -0.0166. The van der Waals surface area contributed by atoms with Gasteiger partial charge in [-0.05, 0) is 27.2 Å². The summed E-state index contributed by atoms with van der Waals surface area (Å²) in [5, 5.41) is 8.48. The van der Waals surface area contributed by atoms with Gasteiger partial charge in [0.2, 0.25) is 0 Å². The van der Waals surface area contributed by atoms with E-state index in [1.54, 1.807) is 0 Å². The minimum absolute atomic E-state index is 0.135. The normalized spacial score (nSPS) is 23.7. The summed E-state index contributed by atoms with van der Waals surface area (Å²) in [4.78, 5) is 21.9. The van der Waals surface area contributed by atoms with E-state index in [9.17, 15) is 18.0 Å². The first-order chi connectivity index (χ1) is 7.12. The van der Waals surface area contributed by atoms with E-state index in [0.29, 0.717) is 0 Å². The van der Waals surface area contributed by atoms with Crippen LogP contribution in [0.15, 0.2) is 0 Å². The second kappa shape index (κ2) is 3.73. The third kappa shape index (κ3) is 1.68. The Kier molecular flexibility index (Phi) is 3.02. The molecule has 1 heterocycles. The van der Waals surface area contributed by atoms with E-state index in [2.05, 4.69) is 0 Å². The third-order valence-corrected chi connectivity index (χ3v) is 5.30. The number of carboxylic acids is 1. The Hall–Kier alpha value is -1.11. The number of carbonyl (C=O) groups is 2. The van der Waals surface area contributed by atoms with Crippen molar-refractivity contribution in [2.45, 2.75) is 44.4 Å². The number of aliphatic carboxylic acids is 1. The lowest BCUT2D eigenvalue weighted by atomic mass is 10.1. The van der Waals surface area contributed by atoms with Gasteiger partial charge in [-0.15, -0.1) is 0 Å². The van der Waals surface area contributed by atoms with E-state index in [4.69, 9.17) is 5.11 Å². The summed E-state index contributed by atoms with van der Waals surface area (Å²) in [6, 6.07) is -0.596. The van der Waals surface area contributed by atoms with Crippen molar-refractivity contribution in [1.82, 2.24) is 4.31 Å². The first-order valence-electron chi connectivity index (χ1n) is 4.92. The smallest absolute Gasteiger partial charge is 0.303 e. The van der Waals surface area contributed by atoms with Crippen LogP contribution in [0.1, 0.15) is 33.6 Å². The Morgan fingerprint density at radius 1 is 1.50 bits per heavy atom. The molecule has 0 radical (unpaired) electrons. The van der Waals surface area contributed by atoms with Crippen LogP contribution in [0.25, 0.3) is 0 Å². The van der Waals surface area contributed by atoms with Crippen molar-refractivity contribution in [3.63, 3.8) is 0 Å². The lowest BCUT2D eigenvalue weighted by molar-refractivity contribution is -0.139. The van der Waals surface area contributed by atoms with Gasteiger partial charge in [0.05, 0.1) is 0 Å². The highest BCUT2D eigenvalue weighted by atomic mass is 32.2. The first-order valence-corrected chi connectivity index (χ1v) is 6.36. The van der Waals surface area contributed by atoms with E-state index in [1.165, 1.54) is 20.8 Å². The van der Waals surface area contributed by atoms with Crippen LogP contribution in [0.2, 0.25) is 0 Å². The van der Waals surface area contributed by atoms with Crippen molar-refractivity contribution in [3.05, 3.63) is 0 Å². The van der Waals surface area contributed by atoms with Gasteiger partial charge in [-0.2, -0.15) is 0 Å². The van der Waals surface area contributed by atoms with Crippen LogP contribution in [0.5, 0.6) is 0 Å². The van der Waals surface area contributed by atoms with Gasteiger partial charge in [0, 0.05) is 12.5 Å². The molecule has 1 aliphatic heterocycles. The van der Waals surface area contributed by atoms with Gasteiger partial charge in [0.25, 0.3) is 15.9 Å². The number of carboxylic acid groups (broad SMARTS) is 1. The summed E-state index contributed by atoms with van der Waals surface area (Å²) in [5.74, 6) is -1.47. The summed E-state index contributed by atoms with van der Waals surface area (Å²) < 4.78 is 22.9. The van der Waals surface area contributed by atoms with Crippen LogP contribution in [0, 0.1) is 0 Å². The lowest BCUT2D eigenvalue weighted by Gasteiger charge is -2.46. The number of sulfonamides is 1. The average molecular weight is 249 g/mol. The van der Waals surface area contributed by atoms with Gasteiger partial charge < -0.3 is 5.11 Å². The molecule has 16 heavy (non-hydrogen) atoms. The van der Waals surface area contributed by atoms with Crippen LogP contribution >= 0.6 is 0 Å². The summed E-state index contributed by atoms with van der Waals surface area (Å²) in [6.45, 7) is 4.24. The predicted molar refractivity (Wildman–Crippen MR) is 56.2 cm³/mol. The molecule has 7 heteroatoms. The van der Waals surface area contributed by atoms with Gasteiger partial charge in [-0.3, -0.25) is 9.59 Å². The van der Waals surface area contributed by atoms with Crippen molar-refractivity contribution in [2.24, 2.45) is 0 Å². The van der Waals surface area contributed by atoms with Crippen LogP contribution in [0.4, 0.5) is 0 Å². The van der Waals surface area contributed by atoms with Gasteiger partial charge in [-0.1, -0.05) is 0 Å². The number of rotatable bonds is 4. The van der Waals surface area contributed by atoms with Crippen molar-refractivity contribution in [2.75, 3.05) is 0 Å². The van der Waals surface area contributed by atoms with Crippen molar-refractivity contribution < 1.29 is 23.1 Å². The Morgan fingerprint density at radius 2 is 2.00 bits per heavy atom. The molecule has 1 atom stereocenters.